The van der Waals surface area contributed by atoms with Crippen LogP contribution in [0.15, 0.2) is 35.0 Å². The van der Waals surface area contributed by atoms with Crippen molar-refractivity contribution in [2.45, 2.75) is 6.54 Å². The summed E-state index contributed by atoms with van der Waals surface area (Å²) in [6.45, 7) is 0.251. The molecule has 0 bridgehead atoms. The van der Waals surface area contributed by atoms with Gasteiger partial charge in [0, 0.05) is 6.20 Å². The quantitative estimate of drug-likeness (QED) is 0.875. The van der Waals surface area contributed by atoms with Crippen LogP contribution in [0.3, 0.4) is 0 Å². The summed E-state index contributed by atoms with van der Waals surface area (Å²) < 4.78 is 5.21. The smallest absolute Gasteiger partial charge is 0.291 e. The molecule has 0 aliphatic heterocycles. The highest BCUT2D eigenvalue weighted by Crippen LogP contribution is 2.20. The molecule has 0 aliphatic carbocycles. The first-order valence-corrected chi connectivity index (χ1v) is 5.28. The van der Waals surface area contributed by atoms with Crippen molar-refractivity contribution in [1.82, 2.24) is 4.98 Å². The standard InChI is InChI=1S/C11H10ClN3O2/c12-8-3-4-14-6-9(8)15-11(16)10-2-1-7(5-13)17-10/h1-4,6H,5,13H2,(H,15,16). The van der Waals surface area contributed by atoms with E-state index in [1.54, 1.807) is 18.2 Å². The van der Waals surface area contributed by atoms with E-state index in [2.05, 4.69) is 10.3 Å². The molecule has 0 fully saturated rings. The first-order chi connectivity index (χ1) is 8.20. The molecule has 1 amide bonds. The Kier molecular flexibility index (Phi) is 3.41. The van der Waals surface area contributed by atoms with Crippen molar-refractivity contribution < 1.29 is 9.21 Å². The maximum absolute atomic E-state index is 11.8. The van der Waals surface area contributed by atoms with Gasteiger partial charge in [-0.15, -0.1) is 0 Å². The second-order valence-electron chi connectivity index (χ2n) is 3.28. The molecule has 5 nitrogen and oxygen atoms in total. The number of rotatable bonds is 3. The number of anilines is 1. The van der Waals surface area contributed by atoms with Crippen LogP contribution in [0.2, 0.25) is 5.02 Å². The van der Waals surface area contributed by atoms with Crippen LogP contribution in [-0.2, 0) is 6.54 Å². The highest BCUT2D eigenvalue weighted by Gasteiger charge is 2.12. The molecular weight excluding hydrogens is 242 g/mol. The van der Waals surface area contributed by atoms with Gasteiger partial charge in [0.2, 0.25) is 0 Å². The van der Waals surface area contributed by atoms with E-state index >= 15 is 0 Å². The molecule has 0 unspecified atom stereocenters. The Morgan fingerprint density at radius 3 is 2.94 bits per heavy atom. The van der Waals surface area contributed by atoms with Gasteiger partial charge < -0.3 is 15.5 Å². The maximum atomic E-state index is 11.8. The molecule has 2 aromatic heterocycles. The van der Waals surface area contributed by atoms with E-state index in [1.807, 2.05) is 0 Å². The molecule has 2 aromatic rings. The van der Waals surface area contributed by atoms with E-state index in [4.69, 9.17) is 21.8 Å². The van der Waals surface area contributed by atoms with Crippen LogP contribution < -0.4 is 11.1 Å². The molecule has 3 N–H and O–H groups in total. The van der Waals surface area contributed by atoms with Crippen molar-refractivity contribution in [2.24, 2.45) is 5.73 Å². The fraction of sp³-hybridized carbons (Fsp3) is 0.0909. The van der Waals surface area contributed by atoms with Crippen LogP contribution in [0.25, 0.3) is 0 Å². The van der Waals surface area contributed by atoms with Crippen LogP contribution in [0, 0.1) is 0 Å². The maximum Gasteiger partial charge on any atom is 0.291 e. The van der Waals surface area contributed by atoms with Crippen LogP contribution >= 0.6 is 11.6 Å². The fourth-order valence-corrected chi connectivity index (χ4v) is 1.42. The van der Waals surface area contributed by atoms with E-state index < -0.39 is 0 Å². The van der Waals surface area contributed by atoms with E-state index in [0.717, 1.165) is 0 Å². The van der Waals surface area contributed by atoms with Crippen LogP contribution in [0.1, 0.15) is 16.3 Å². The predicted octanol–water partition coefficient (Wildman–Crippen LogP) is 2.04. The van der Waals surface area contributed by atoms with Crippen LogP contribution in [0.4, 0.5) is 5.69 Å². The minimum Gasteiger partial charge on any atom is -0.455 e. The van der Waals surface area contributed by atoms with Gasteiger partial charge >= 0.3 is 0 Å². The average Bonchev–Trinajstić information content (AvgIpc) is 2.81. The molecule has 0 saturated heterocycles. The molecule has 0 saturated carbocycles. The van der Waals surface area contributed by atoms with Crippen molar-refractivity contribution in [2.75, 3.05) is 5.32 Å². The lowest BCUT2D eigenvalue weighted by Gasteiger charge is -2.03. The number of halogens is 1. The molecule has 88 valence electrons. The number of nitrogens with two attached hydrogens (primary N) is 1. The van der Waals surface area contributed by atoms with Gasteiger partial charge in [-0.3, -0.25) is 9.78 Å². The van der Waals surface area contributed by atoms with Crippen molar-refractivity contribution in [3.63, 3.8) is 0 Å². The first-order valence-electron chi connectivity index (χ1n) is 4.90. The molecule has 0 spiro atoms. The summed E-state index contributed by atoms with van der Waals surface area (Å²) >= 11 is 5.88. The van der Waals surface area contributed by atoms with Crippen molar-refractivity contribution in [3.05, 3.63) is 47.1 Å². The Morgan fingerprint density at radius 2 is 2.29 bits per heavy atom. The highest BCUT2D eigenvalue weighted by molar-refractivity contribution is 6.33. The lowest BCUT2D eigenvalue weighted by atomic mass is 10.3. The molecule has 6 heteroatoms. The Balaban J connectivity index is 2.14. The van der Waals surface area contributed by atoms with Crippen LogP contribution in [0.5, 0.6) is 0 Å². The Bertz CT molecular complexity index is 539. The molecule has 2 heterocycles. The van der Waals surface area contributed by atoms with E-state index in [9.17, 15) is 4.79 Å². The van der Waals surface area contributed by atoms with Gasteiger partial charge in [0.25, 0.3) is 5.91 Å². The second kappa shape index (κ2) is 4.99. The fourth-order valence-electron chi connectivity index (χ4n) is 1.26. The zero-order chi connectivity index (χ0) is 12.3. The summed E-state index contributed by atoms with van der Waals surface area (Å²) in [5.41, 5.74) is 5.82. The number of carbonyl (C=O) groups is 1. The topological polar surface area (TPSA) is 81.2 Å². The number of aromatic nitrogens is 1. The number of amides is 1. The van der Waals surface area contributed by atoms with Gasteiger partial charge in [0.1, 0.15) is 5.76 Å². The third-order valence-electron chi connectivity index (χ3n) is 2.10. The van der Waals surface area contributed by atoms with E-state index in [0.29, 0.717) is 16.5 Å². The molecule has 0 aliphatic rings. The number of hydrogen-bond donors (Lipinski definition) is 2. The molecular formula is C11H10ClN3O2. The normalized spacial score (nSPS) is 10.2. The zero-order valence-electron chi connectivity index (χ0n) is 8.81. The van der Waals surface area contributed by atoms with Crippen molar-refractivity contribution in [1.29, 1.82) is 0 Å². The summed E-state index contributed by atoms with van der Waals surface area (Å²) in [6.07, 6.45) is 3.00. The summed E-state index contributed by atoms with van der Waals surface area (Å²) in [7, 11) is 0. The van der Waals surface area contributed by atoms with Gasteiger partial charge in [-0.05, 0) is 18.2 Å². The van der Waals surface area contributed by atoms with E-state index in [1.165, 1.54) is 12.4 Å². The van der Waals surface area contributed by atoms with Gasteiger partial charge in [0.15, 0.2) is 5.76 Å². The number of nitrogens with one attached hydrogen (secondary N) is 1. The summed E-state index contributed by atoms with van der Waals surface area (Å²) in [4.78, 5) is 15.6. The number of pyridine rings is 1. The minimum absolute atomic E-state index is 0.186. The van der Waals surface area contributed by atoms with Gasteiger partial charge in [-0.2, -0.15) is 0 Å². The third-order valence-corrected chi connectivity index (χ3v) is 2.43. The first kappa shape index (κ1) is 11.6. The van der Waals surface area contributed by atoms with Gasteiger partial charge in [-0.25, -0.2) is 0 Å². The lowest BCUT2D eigenvalue weighted by Crippen LogP contribution is -2.11. The van der Waals surface area contributed by atoms with E-state index in [-0.39, 0.29) is 18.2 Å². The van der Waals surface area contributed by atoms with Crippen molar-refractivity contribution >= 4 is 23.2 Å². The molecule has 2 rings (SSSR count). The second-order valence-corrected chi connectivity index (χ2v) is 3.69. The lowest BCUT2D eigenvalue weighted by molar-refractivity contribution is 0.0995. The van der Waals surface area contributed by atoms with Gasteiger partial charge in [-0.1, -0.05) is 11.6 Å². The molecule has 17 heavy (non-hydrogen) atoms. The Hall–Kier alpha value is -1.85. The monoisotopic (exact) mass is 251 g/mol. The Morgan fingerprint density at radius 1 is 1.47 bits per heavy atom. The largest absolute Gasteiger partial charge is 0.455 e. The molecule has 0 aromatic carbocycles. The number of hydrogen-bond acceptors (Lipinski definition) is 4. The molecule has 0 atom stereocenters. The minimum atomic E-state index is -0.389. The molecule has 0 radical (unpaired) electrons. The number of carbonyl (C=O) groups excluding carboxylic acids is 1. The third kappa shape index (κ3) is 2.64. The highest BCUT2D eigenvalue weighted by atomic mass is 35.5. The summed E-state index contributed by atoms with van der Waals surface area (Å²) in [6, 6.07) is 4.80. The number of nitrogens with zero attached hydrogens (tertiary/aromatic N) is 1. The summed E-state index contributed by atoms with van der Waals surface area (Å²) in [5, 5.41) is 3.01. The SMILES string of the molecule is NCc1ccc(C(=O)Nc2cnccc2Cl)o1. The van der Waals surface area contributed by atoms with Crippen molar-refractivity contribution in [3.8, 4) is 0 Å². The Labute approximate surface area is 103 Å². The van der Waals surface area contributed by atoms with Crippen LogP contribution in [-0.4, -0.2) is 10.9 Å². The van der Waals surface area contributed by atoms with Gasteiger partial charge in [0.05, 0.1) is 23.5 Å². The average molecular weight is 252 g/mol. The predicted molar refractivity (Wildman–Crippen MR) is 63.8 cm³/mol. The number of furan rings is 1. The summed E-state index contributed by atoms with van der Waals surface area (Å²) in [5.74, 6) is 0.345. The zero-order valence-corrected chi connectivity index (χ0v) is 9.57.